The van der Waals surface area contributed by atoms with E-state index in [1.807, 2.05) is 0 Å². The van der Waals surface area contributed by atoms with E-state index in [1.54, 1.807) is 11.4 Å². The van der Waals surface area contributed by atoms with Gasteiger partial charge >= 0.3 is 0 Å². The van der Waals surface area contributed by atoms with E-state index >= 15 is 0 Å². The first-order valence-corrected chi connectivity index (χ1v) is 11.5. The van der Waals surface area contributed by atoms with Gasteiger partial charge in [-0.15, -0.1) is 11.3 Å². The maximum atomic E-state index is 13.8. The minimum absolute atomic E-state index is 0.0385. The number of nitrogens with zero attached hydrogens (tertiary/aromatic N) is 1. The zero-order valence-corrected chi connectivity index (χ0v) is 15.9. The van der Waals surface area contributed by atoms with Crippen LogP contribution < -0.4 is 4.72 Å². The van der Waals surface area contributed by atoms with Crippen molar-refractivity contribution in [2.24, 2.45) is 0 Å². The van der Waals surface area contributed by atoms with Crippen LogP contribution in [0, 0.1) is 11.6 Å². The summed E-state index contributed by atoms with van der Waals surface area (Å²) in [6.07, 6.45) is 0.513. The molecule has 1 aliphatic heterocycles. The van der Waals surface area contributed by atoms with Crippen LogP contribution in [0.2, 0.25) is 0 Å². The summed E-state index contributed by atoms with van der Waals surface area (Å²) in [5, 5.41) is 1.65. The highest BCUT2D eigenvalue weighted by Crippen LogP contribution is 2.24. The Kier molecular flexibility index (Phi) is 5.45. The number of benzene rings is 1. The second-order valence-electron chi connectivity index (χ2n) is 5.81. The molecule has 1 saturated heterocycles. The summed E-state index contributed by atoms with van der Waals surface area (Å²) in [5.74, 6) is -2.01. The molecule has 26 heavy (non-hydrogen) atoms. The van der Waals surface area contributed by atoms with Gasteiger partial charge in [-0.1, -0.05) is 6.07 Å². The van der Waals surface area contributed by atoms with Gasteiger partial charge in [0, 0.05) is 25.2 Å². The van der Waals surface area contributed by atoms with E-state index in [0.717, 1.165) is 27.8 Å². The standard InChI is InChI=1S/C15H16F2N2O4S3/c16-11-3-4-14(13(17)10-11)26(22,23)19-7-5-12(6-8-19)18-25(20,21)15-2-1-9-24-15/h1-4,9-10,12,18H,5-8H2. The molecule has 1 fully saturated rings. The quantitative estimate of drug-likeness (QED) is 0.800. The first-order valence-electron chi connectivity index (χ1n) is 7.71. The van der Waals surface area contributed by atoms with Crippen LogP contribution in [-0.2, 0) is 20.0 Å². The number of halogens is 2. The van der Waals surface area contributed by atoms with Gasteiger partial charge in [-0.05, 0) is 36.4 Å². The van der Waals surface area contributed by atoms with Crippen LogP contribution in [0.5, 0.6) is 0 Å². The van der Waals surface area contributed by atoms with Crippen molar-refractivity contribution in [1.82, 2.24) is 9.03 Å². The number of thiophene rings is 1. The second kappa shape index (κ2) is 7.31. The lowest BCUT2D eigenvalue weighted by atomic mass is 10.1. The predicted octanol–water partition coefficient (Wildman–Crippen LogP) is 2.16. The van der Waals surface area contributed by atoms with Gasteiger partial charge in [0.05, 0.1) is 0 Å². The van der Waals surface area contributed by atoms with Crippen LogP contribution in [0.4, 0.5) is 8.78 Å². The van der Waals surface area contributed by atoms with Crippen molar-refractivity contribution in [3.63, 3.8) is 0 Å². The number of rotatable bonds is 5. The molecule has 2 heterocycles. The molecular weight excluding hydrogens is 406 g/mol. The Labute approximate surface area is 154 Å². The number of hydrogen-bond acceptors (Lipinski definition) is 5. The molecule has 6 nitrogen and oxygen atoms in total. The summed E-state index contributed by atoms with van der Waals surface area (Å²) in [7, 11) is -7.74. The second-order valence-corrected chi connectivity index (χ2v) is 10.6. The van der Waals surface area contributed by atoms with E-state index in [0.29, 0.717) is 6.07 Å². The molecule has 0 aliphatic carbocycles. The summed E-state index contributed by atoms with van der Waals surface area (Å²) in [4.78, 5) is -0.587. The number of hydrogen-bond donors (Lipinski definition) is 1. The molecule has 0 radical (unpaired) electrons. The Morgan fingerprint density at radius 3 is 2.35 bits per heavy atom. The fourth-order valence-electron chi connectivity index (χ4n) is 2.73. The largest absolute Gasteiger partial charge is 0.250 e. The fourth-order valence-corrected chi connectivity index (χ4v) is 6.56. The van der Waals surface area contributed by atoms with E-state index in [9.17, 15) is 25.6 Å². The van der Waals surface area contributed by atoms with E-state index in [4.69, 9.17) is 0 Å². The van der Waals surface area contributed by atoms with Crippen LogP contribution in [0.3, 0.4) is 0 Å². The molecule has 142 valence electrons. The molecule has 11 heteroatoms. The maximum Gasteiger partial charge on any atom is 0.250 e. The predicted molar refractivity (Wildman–Crippen MR) is 92.8 cm³/mol. The summed E-state index contributed by atoms with van der Waals surface area (Å²) >= 11 is 1.09. The number of nitrogens with one attached hydrogen (secondary N) is 1. The molecule has 2 aromatic rings. The Bertz CT molecular complexity index is 984. The first kappa shape index (κ1) is 19.4. The molecule has 1 aromatic carbocycles. The molecule has 0 amide bonds. The van der Waals surface area contributed by atoms with Gasteiger partial charge < -0.3 is 0 Å². The average Bonchev–Trinajstić information content (AvgIpc) is 3.10. The van der Waals surface area contributed by atoms with Crippen molar-refractivity contribution in [3.05, 3.63) is 47.3 Å². The Balaban J connectivity index is 1.68. The molecule has 0 saturated carbocycles. The molecular formula is C15H16F2N2O4S3. The molecule has 1 N–H and O–H groups in total. The van der Waals surface area contributed by atoms with E-state index in [2.05, 4.69) is 4.72 Å². The highest BCUT2D eigenvalue weighted by Gasteiger charge is 2.33. The summed E-state index contributed by atoms with van der Waals surface area (Å²) in [5.41, 5.74) is 0. The van der Waals surface area contributed by atoms with Crippen LogP contribution in [0.25, 0.3) is 0 Å². The monoisotopic (exact) mass is 422 g/mol. The average molecular weight is 423 g/mol. The van der Waals surface area contributed by atoms with Gasteiger partial charge in [0.25, 0.3) is 0 Å². The molecule has 0 unspecified atom stereocenters. The van der Waals surface area contributed by atoms with E-state index < -0.39 is 42.6 Å². The van der Waals surface area contributed by atoms with Crippen LogP contribution in [0.15, 0.2) is 44.8 Å². The number of sulfonamides is 2. The Morgan fingerprint density at radius 2 is 1.77 bits per heavy atom. The van der Waals surface area contributed by atoms with Crippen molar-refractivity contribution >= 4 is 31.4 Å². The highest BCUT2D eigenvalue weighted by molar-refractivity contribution is 7.91. The smallest absolute Gasteiger partial charge is 0.207 e. The molecule has 1 aliphatic rings. The third-order valence-corrected chi connectivity index (χ3v) is 8.90. The van der Waals surface area contributed by atoms with Gasteiger partial charge in [-0.3, -0.25) is 0 Å². The number of piperidine rings is 1. The lowest BCUT2D eigenvalue weighted by Crippen LogP contribution is -2.46. The summed E-state index contributed by atoms with van der Waals surface area (Å²) in [6, 6.07) is 5.01. The third kappa shape index (κ3) is 3.96. The third-order valence-electron chi connectivity index (χ3n) is 4.05. The summed E-state index contributed by atoms with van der Waals surface area (Å²) < 4.78 is 80.1. The van der Waals surface area contributed by atoms with Crippen LogP contribution in [0.1, 0.15) is 12.8 Å². The van der Waals surface area contributed by atoms with E-state index in [1.165, 1.54) is 6.07 Å². The van der Waals surface area contributed by atoms with Gasteiger partial charge in [0.15, 0.2) is 0 Å². The normalized spacial score (nSPS) is 17.5. The van der Waals surface area contributed by atoms with E-state index in [-0.39, 0.29) is 30.1 Å². The van der Waals surface area contributed by atoms with Gasteiger partial charge in [0.2, 0.25) is 20.0 Å². The Morgan fingerprint density at radius 1 is 1.08 bits per heavy atom. The van der Waals surface area contributed by atoms with Gasteiger partial charge in [0.1, 0.15) is 20.7 Å². The van der Waals surface area contributed by atoms with Crippen molar-refractivity contribution in [2.45, 2.75) is 28.0 Å². The first-order chi connectivity index (χ1) is 12.2. The zero-order valence-electron chi connectivity index (χ0n) is 13.4. The summed E-state index contributed by atoms with van der Waals surface area (Å²) in [6.45, 7) is 0.0769. The maximum absolute atomic E-state index is 13.8. The highest BCUT2D eigenvalue weighted by atomic mass is 32.2. The van der Waals surface area contributed by atoms with Gasteiger partial charge in [-0.2, -0.15) is 4.31 Å². The molecule has 0 spiro atoms. The molecule has 0 atom stereocenters. The van der Waals surface area contributed by atoms with Gasteiger partial charge in [-0.25, -0.2) is 30.3 Å². The van der Waals surface area contributed by atoms with Crippen molar-refractivity contribution < 1.29 is 25.6 Å². The lowest BCUT2D eigenvalue weighted by molar-refractivity contribution is 0.307. The van der Waals surface area contributed by atoms with Crippen molar-refractivity contribution in [1.29, 1.82) is 0 Å². The minimum Gasteiger partial charge on any atom is -0.207 e. The van der Waals surface area contributed by atoms with Crippen molar-refractivity contribution in [2.75, 3.05) is 13.1 Å². The molecule has 1 aromatic heterocycles. The van der Waals surface area contributed by atoms with Crippen LogP contribution >= 0.6 is 11.3 Å². The Hall–Kier alpha value is -1.40. The topological polar surface area (TPSA) is 83.6 Å². The minimum atomic E-state index is -4.10. The lowest BCUT2D eigenvalue weighted by Gasteiger charge is -2.31. The molecule has 0 bridgehead atoms. The SMILES string of the molecule is O=S(=O)(NC1CCN(S(=O)(=O)c2ccc(F)cc2F)CC1)c1cccs1. The van der Waals surface area contributed by atoms with Crippen molar-refractivity contribution in [3.8, 4) is 0 Å². The molecule has 3 rings (SSSR count). The zero-order chi connectivity index (χ0) is 18.9. The fraction of sp³-hybridized carbons (Fsp3) is 0.333. The van der Waals surface area contributed by atoms with Crippen LogP contribution in [-0.4, -0.2) is 40.3 Å².